The number of amides is 1. The van der Waals surface area contributed by atoms with Crippen molar-refractivity contribution in [3.8, 4) is 17.8 Å². The average Bonchev–Trinajstić information content (AvgIpc) is 2.74. The summed E-state index contributed by atoms with van der Waals surface area (Å²) in [7, 11) is 0. The number of nitriles is 1. The molecule has 0 saturated heterocycles. The van der Waals surface area contributed by atoms with Gasteiger partial charge in [0.05, 0.1) is 22.8 Å². The van der Waals surface area contributed by atoms with Crippen molar-refractivity contribution in [3.63, 3.8) is 0 Å². The molecule has 1 fully saturated rings. The van der Waals surface area contributed by atoms with E-state index in [2.05, 4.69) is 15.3 Å². The first kappa shape index (κ1) is 22.8. The van der Waals surface area contributed by atoms with E-state index >= 15 is 0 Å². The van der Waals surface area contributed by atoms with Crippen LogP contribution in [0.25, 0.3) is 0 Å². The Labute approximate surface area is 186 Å². The summed E-state index contributed by atoms with van der Waals surface area (Å²) >= 11 is 6.13. The first-order chi connectivity index (χ1) is 14.6. The second-order valence-electron chi connectivity index (χ2n) is 8.63. The first-order valence-electron chi connectivity index (χ1n) is 9.84. The van der Waals surface area contributed by atoms with Crippen molar-refractivity contribution in [2.75, 3.05) is 13.2 Å². The molecule has 1 aliphatic rings. The number of carbonyl (C=O) groups excluding carboxylic acids is 1. The highest BCUT2D eigenvalue weighted by Crippen LogP contribution is 2.55. The van der Waals surface area contributed by atoms with Gasteiger partial charge in [-0.15, -0.1) is 0 Å². The molecule has 0 bridgehead atoms. The molecule has 8 nitrogen and oxygen atoms in total. The van der Waals surface area contributed by atoms with Gasteiger partial charge in [-0.2, -0.15) is 5.26 Å². The van der Waals surface area contributed by atoms with Gasteiger partial charge >= 0.3 is 6.01 Å². The Balaban J connectivity index is 1.70. The van der Waals surface area contributed by atoms with Crippen LogP contribution in [0.1, 0.15) is 43.6 Å². The number of hydrogen-bond donors (Lipinski definition) is 2. The molecule has 1 saturated carbocycles. The molecule has 0 unspecified atom stereocenters. The lowest BCUT2D eigenvalue weighted by Gasteiger charge is -2.63. The van der Waals surface area contributed by atoms with Crippen molar-refractivity contribution >= 4 is 17.5 Å². The molecular weight excluding hydrogens is 420 g/mol. The van der Waals surface area contributed by atoms with Crippen LogP contribution in [0, 0.1) is 22.2 Å². The summed E-state index contributed by atoms with van der Waals surface area (Å²) in [4.78, 5) is 20.7. The van der Waals surface area contributed by atoms with Crippen LogP contribution in [0.4, 0.5) is 0 Å². The Kier molecular flexibility index (Phi) is 6.39. The van der Waals surface area contributed by atoms with E-state index in [1.807, 2.05) is 33.8 Å². The van der Waals surface area contributed by atoms with Gasteiger partial charge in [0.15, 0.2) is 0 Å². The SMILES string of the molecule is CC1(C)C(NC(=O)c2cnc(OCCO)nc2)C(C)(C)C1Oc1ccc(C#N)c(Cl)c1. The standard InChI is InChI=1S/C22H25ClN4O4/c1-21(2)18(27-17(29)14-11-25-20(26-12-14)30-8-7-28)22(3,4)19(21)31-15-6-5-13(10-24)16(23)9-15/h5-6,9,11-12,18-19,28H,7-8H2,1-4H3,(H,27,29). The van der Waals surface area contributed by atoms with E-state index in [0.717, 1.165) is 0 Å². The molecule has 0 radical (unpaired) electrons. The minimum absolute atomic E-state index is 0.0852. The Morgan fingerprint density at radius 2 is 1.90 bits per heavy atom. The summed E-state index contributed by atoms with van der Waals surface area (Å²) in [6, 6.07) is 6.95. The molecule has 2 N–H and O–H groups in total. The Morgan fingerprint density at radius 3 is 2.45 bits per heavy atom. The zero-order chi connectivity index (χ0) is 22.8. The molecule has 9 heteroatoms. The number of aliphatic hydroxyl groups excluding tert-OH is 1. The number of benzene rings is 1. The number of halogens is 1. The van der Waals surface area contributed by atoms with Gasteiger partial charge in [-0.05, 0) is 12.1 Å². The molecule has 3 rings (SSSR count). The summed E-state index contributed by atoms with van der Waals surface area (Å²) in [5.74, 6) is 0.284. The topological polar surface area (TPSA) is 117 Å². The maximum absolute atomic E-state index is 12.8. The van der Waals surface area contributed by atoms with Gasteiger partial charge in [0.1, 0.15) is 24.5 Å². The van der Waals surface area contributed by atoms with Crippen LogP contribution >= 0.6 is 11.6 Å². The van der Waals surface area contributed by atoms with Gasteiger partial charge < -0.3 is 19.9 Å². The maximum atomic E-state index is 12.8. The summed E-state index contributed by atoms with van der Waals surface area (Å²) < 4.78 is 11.3. The van der Waals surface area contributed by atoms with Crippen molar-refractivity contribution in [2.24, 2.45) is 10.8 Å². The van der Waals surface area contributed by atoms with Crippen molar-refractivity contribution in [2.45, 2.75) is 39.8 Å². The second kappa shape index (κ2) is 8.69. The normalized spacial score (nSPS) is 20.8. The molecule has 2 aromatic rings. The van der Waals surface area contributed by atoms with Crippen molar-refractivity contribution < 1.29 is 19.4 Å². The lowest BCUT2D eigenvalue weighted by Crippen LogP contribution is -2.74. The minimum atomic E-state index is -0.370. The van der Waals surface area contributed by atoms with E-state index in [4.69, 9.17) is 31.4 Å². The third-order valence-corrected chi connectivity index (χ3v) is 5.96. The smallest absolute Gasteiger partial charge is 0.316 e. The molecule has 1 heterocycles. The fraction of sp³-hybridized carbons (Fsp3) is 0.455. The Bertz CT molecular complexity index is 986. The molecule has 1 amide bonds. The number of carbonyl (C=O) groups is 1. The number of nitrogens with one attached hydrogen (secondary N) is 1. The lowest BCUT2D eigenvalue weighted by atomic mass is 9.49. The van der Waals surface area contributed by atoms with E-state index in [9.17, 15) is 4.79 Å². The minimum Gasteiger partial charge on any atom is -0.489 e. The van der Waals surface area contributed by atoms with Gasteiger partial charge in [-0.1, -0.05) is 39.3 Å². The molecule has 0 spiro atoms. The quantitative estimate of drug-likeness (QED) is 0.673. The van der Waals surface area contributed by atoms with Crippen LogP contribution in [0.3, 0.4) is 0 Å². The highest BCUT2D eigenvalue weighted by molar-refractivity contribution is 6.31. The summed E-state index contributed by atoms with van der Waals surface area (Å²) in [6.07, 6.45) is 2.58. The van der Waals surface area contributed by atoms with Crippen LogP contribution < -0.4 is 14.8 Å². The van der Waals surface area contributed by atoms with Crippen LogP contribution in [0.2, 0.25) is 5.02 Å². The van der Waals surface area contributed by atoms with Crippen molar-refractivity contribution in [3.05, 3.63) is 46.7 Å². The molecule has 1 aromatic carbocycles. The zero-order valence-corrected chi connectivity index (χ0v) is 18.6. The van der Waals surface area contributed by atoms with Crippen LogP contribution in [0.5, 0.6) is 11.8 Å². The molecule has 31 heavy (non-hydrogen) atoms. The summed E-state index contributed by atoms with van der Waals surface area (Å²) in [6.45, 7) is 8.06. The van der Waals surface area contributed by atoms with Crippen molar-refractivity contribution in [1.82, 2.24) is 15.3 Å². The Morgan fingerprint density at radius 1 is 1.26 bits per heavy atom. The number of aromatic nitrogens is 2. The van der Waals surface area contributed by atoms with Gasteiger partial charge in [-0.3, -0.25) is 4.79 Å². The predicted octanol–water partition coefficient (Wildman–Crippen LogP) is 2.98. The molecule has 164 valence electrons. The van der Waals surface area contributed by atoms with Gasteiger partial charge in [-0.25, -0.2) is 9.97 Å². The largest absolute Gasteiger partial charge is 0.489 e. The summed E-state index contributed by atoms with van der Waals surface area (Å²) in [5, 5.41) is 21.2. The number of ether oxygens (including phenoxy) is 2. The fourth-order valence-corrected chi connectivity index (χ4v) is 4.67. The highest BCUT2D eigenvalue weighted by Gasteiger charge is 2.64. The third-order valence-electron chi connectivity index (χ3n) is 5.64. The third kappa shape index (κ3) is 4.43. The maximum Gasteiger partial charge on any atom is 0.316 e. The van der Waals surface area contributed by atoms with E-state index in [0.29, 0.717) is 21.9 Å². The van der Waals surface area contributed by atoms with Gasteiger partial charge in [0.2, 0.25) is 0 Å². The monoisotopic (exact) mass is 444 g/mol. The predicted molar refractivity (Wildman–Crippen MR) is 114 cm³/mol. The number of nitrogens with zero attached hydrogens (tertiary/aromatic N) is 3. The molecule has 1 aliphatic carbocycles. The molecular formula is C22H25ClN4O4. The molecule has 0 aliphatic heterocycles. The number of rotatable bonds is 7. The fourth-order valence-electron chi connectivity index (χ4n) is 4.46. The van der Waals surface area contributed by atoms with Crippen molar-refractivity contribution in [1.29, 1.82) is 5.26 Å². The highest BCUT2D eigenvalue weighted by atomic mass is 35.5. The average molecular weight is 445 g/mol. The van der Waals surface area contributed by atoms with Gasteiger partial charge in [0, 0.05) is 35.3 Å². The lowest BCUT2D eigenvalue weighted by molar-refractivity contribution is -0.164. The van der Waals surface area contributed by atoms with Crippen LogP contribution in [-0.2, 0) is 0 Å². The number of hydrogen-bond acceptors (Lipinski definition) is 7. The number of aliphatic hydroxyl groups is 1. The van der Waals surface area contributed by atoms with E-state index in [1.54, 1.807) is 18.2 Å². The van der Waals surface area contributed by atoms with E-state index in [-0.39, 0.29) is 48.1 Å². The second-order valence-corrected chi connectivity index (χ2v) is 9.03. The van der Waals surface area contributed by atoms with E-state index < -0.39 is 0 Å². The summed E-state index contributed by atoms with van der Waals surface area (Å²) in [5.41, 5.74) is -0.0396. The van der Waals surface area contributed by atoms with E-state index in [1.165, 1.54) is 12.4 Å². The first-order valence-corrected chi connectivity index (χ1v) is 10.2. The van der Waals surface area contributed by atoms with Crippen LogP contribution in [-0.4, -0.2) is 46.3 Å². The molecule has 0 atom stereocenters. The molecule has 1 aromatic heterocycles. The Hall–Kier alpha value is -2.89. The zero-order valence-electron chi connectivity index (χ0n) is 17.8. The van der Waals surface area contributed by atoms with Gasteiger partial charge in [0.25, 0.3) is 5.91 Å². The van der Waals surface area contributed by atoms with Crippen LogP contribution in [0.15, 0.2) is 30.6 Å².